The Labute approximate surface area is 217 Å². The molecule has 4 heterocycles. The van der Waals surface area contributed by atoms with Crippen LogP contribution < -0.4 is 4.90 Å². The molecule has 2 saturated heterocycles. The van der Waals surface area contributed by atoms with E-state index in [1.807, 2.05) is 87.2 Å². The van der Waals surface area contributed by atoms with Crippen molar-refractivity contribution in [1.82, 2.24) is 9.80 Å². The summed E-state index contributed by atoms with van der Waals surface area (Å²) in [5.41, 5.74) is 0.361. The first-order valence-electron chi connectivity index (χ1n) is 12.8. The van der Waals surface area contributed by atoms with E-state index in [9.17, 15) is 19.5 Å². The third-order valence-electron chi connectivity index (χ3n) is 8.05. The van der Waals surface area contributed by atoms with Crippen molar-refractivity contribution in [1.29, 1.82) is 0 Å². The van der Waals surface area contributed by atoms with Crippen LogP contribution in [0.4, 0.5) is 5.69 Å². The van der Waals surface area contributed by atoms with Gasteiger partial charge < -0.3 is 19.8 Å². The number of rotatable bonds is 4. The van der Waals surface area contributed by atoms with Crippen LogP contribution in [0.2, 0.25) is 0 Å². The number of anilines is 1. The number of hydrogen-bond acceptors (Lipinski definition) is 5. The second-order valence-corrected chi connectivity index (χ2v) is 12.6. The number of thioether (sulfide) groups is 1. The van der Waals surface area contributed by atoms with Crippen LogP contribution in [0.5, 0.6) is 0 Å². The summed E-state index contributed by atoms with van der Waals surface area (Å²) in [4.78, 5) is 47.8. The Bertz CT molecular complexity index is 1110. The van der Waals surface area contributed by atoms with Gasteiger partial charge >= 0.3 is 0 Å². The van der Waals surface area contributed by atoms with Crippen LogP contribution in [-0.4, -0.2) is 79.9 Å². The third kappa shape index (κ3) is 3.64. The van der Waals surface area contributed by atoms with Crippen molar-refractivity contribution in [3.05, 3.63) is 54.6 Å². The third-order valence-corrected chi connectivity index (χ3v) is 9.79. The first kappa shape index (κ1) is 25.1. The van der Waals surface area contributed by atoms with Crippen LogP contribution in [0.3, 0.4) is 0 Å². The largest absolute Gasteiger partial charge is 0.394 e. The maximum atomic E-state index is 14.3. The molecule has 7 nitrogen and oxygen atoms in total. The number of benzene rings is 1. The van der Waals surface area contributed by atoms with Crippen LogP contribution in [0, 0.1) is 11.8 Å². The number of hydrogen-bond donors (Lipinski definition) is 1. The Morgan fingerprint density at radius 2 is 1.78 bits per heavy atom. The number of carbonyl (C=O) groups excluding carboxylic acids is 3. The highest BCUT2D eigenvalue weighted by atomic mass is 32.2. The number of aliphatic hydroxyl groups excluding tert-OH is 1. The highest BCUT2D eigenvalue weighted by Gasteiger charge is 2.72. The normalized spacial score (nSPS) is 32.8. The smallest absolute Gasteiger partial charge is 0.247 e. The SMILES string of the molecule is CC[C@@H](CO)N1C(=O)[C@@H]2[C@@H]3C(=O)N(c4ccccc4)CC=C[C@@H]3S[C@@]23C=CCN(C(C)(C)C)C(=O)C13. The molecule has 36 heavy (non-hydrogen) atoms. The maximum absolute atomic E-state index is 14.3. The van der Waals surface area contributed by atoms with E-state index in [0.717, 1.165) is 5.69 Å². The Kier molecular flexibility index (Phi) is 6.32. The molecular weight excluding hydrogens is 474 g/mol. The lowest BCUT2D eigenvalue weighted by atomic mass is 9.78. The molecule has 192 valence electrons. The minimum Gasteiger partial charge on any atom is -0.394 e. The summed E-state index contributed by atoms with van der Waals surface area (Å²) in [5, 5.41) is 10.0. The molecule has 5 rings (SSSR count). The van der Waals surface area contributed by atoms with Crippen molar-refractivity contribution in [3.8, 4) is 0 Å². The van der Waals surface area contributed by atoms with Gasteiger partial charge in [0.15, 0.2) is 0 Å². The van der Waals surface area contributed by atoms with Crippen LogP contribution >= 0.6 is 11.8 Å². The number of nitrogens with zero attached hydrogens (tertiary/aromatic N) is 3. The van der Waals surface area contributed by atoms with Gasteiger partial charge in [-0.15, -0.1) is 11.8 Å². The number of fused-ring (bicyclic) bond motifs is 2. The van der Waals surface area contributed by atoms with Gasteiger partial charge in [0.05, 0.1) is 29.2 Å². The predicted molar refractivity (Wildman–Crippen MR) is 141 cm³/mol. The number of para-hydroxylation sites is 1. The van der Waals surface area contributed by atoms with Gasteiger partial charge in [0.25, 0.3) is 0 Å². The summed E-state index contributed by atoms with van der Waals surface area (Å²) in [6, 6.07) is 8.28. The Balaban J connectivity index is 1.64. The Morgan fingerprint density at radius 1 is 1.06 bits per heavy atom. The summed E-state index contributed by atoms with van der Waals surface area (Å²) in [7, 11) is 0. The summed E-state index contributed by atoms with van der Waals surface area (Å²) in [5.74, 6) is -1.68. The molecule has 2 fully saturated rings. The van der Waals surface area contributed by atoms with Gasteiger partial charge in [0, 0.05) is 29.6 Å². The van der Waals surface area contributed by atoms with Crippen LogP contribution in [0.15, 0.2) is 54.6 Å². The standard InChI is InChI=1S/C28H35N3O4S/c1-5-18(17-32)31-23-26(35)30(27(2,3)4)16-10-14-28(23)22(25(31)34)21-20(36-28)13-9-15-29(24(21)33)19-11-7-6-8-12-19/h6-14,18,20-23,32H,5,15-17H2,1-4H3/t18-,20-,21+,22-,23?,28-/m0/s1. The zero-order chi connectivity index (χ0) is 25.8. The molecule has 0 aromatic heterocycles. The van der Waals surface area contributed by atoms with E-state index in [1.165, 1.54) is 0 Å². The van der Waals surface area contributed by atoms with Gasteiger partial charge in [-0.3, -0.25) is 14.4 Å². The van der Waals surface area contributed by atoms with Crippen molar-refractivity contribution in [2.24, 2.45) is 11.8 Å². The van der Waals surface area contributed by atoms with E-state index >= 15 is 0 Å². The summed E-state index contributed by atoms with van der Waals surface area (Å²) < 4.78 is -0.869. The topological polar surface area (TPSA) is 81.2 Å². The van der Waals surface area contributed by atoms with Gasteiger partial charge in [-0.2, -0.15) is 0 Å². The molecular formula is C28H35N3O4S. The lowest BCUT2D eigenvalue weighted by Crippen LogP contribution is -2.59. The Hall–Kier alpha value is -2.58. The molecule has 6 atom stereocenters. The fraction of sp³-hybridized carbons (Fsp3) is 0.536. The molecule has 0 aliphatic carbocycles. The number of aliphatic hydroxyl groups is 1. The van der Waals surface area contributed by atoms with Gasteiger partial charge in [-0.05, 0) is 39.3 Å². The molecule has 0 bridgehead atoms. The number of carbonyl (C=O) groups is 3. The number of likely N-dealkylation sites (tertiary alicyclic amines) is 1. The summed E-state index contributed by atoms with van der Waals surface area (Å²) in [6.45, 7) is 8.56. The molecule has 1 aromatic rings. The van der Waals surface area contributed by atoms with E-state index < -0.39 is 34.2 Å². The van der Waals surface area contributed by atoms with Crippen molar-refractivity contribution < 1.29 is 19.5 Å². The quantitative estimate of drug-likeness (QED) is 0.632. The van der Waals surface area contributed by atoms with Crippen LogP contribution in [0.25, 0.3) is 0 Å². The molecule has 1 N–H and O–H groups in total. The lowest BCUT2D eigenvalue weighted by Gasteiger charge is -2.42. The fourth-order valence-corrected chi connectivity index (χ4v) is 8.32. The number of amides is 3. The summed E-state index contributed by atoms with van der Waals surface area (Å²) >= 11 is 1.57. The highest BCUT2D eigenvalue weighted by molar-refractivity contribution is 8.02. The first-order valence-corrected chi connectivity index (χ1v) is 13.7. The van der Waals surface area contributed by atoms with Crippen molar-refractivity contribution in [2.45, 2.75) is 61.7 Å². The average Bonchev–Trinajstić information content (AvgIpc) is 3.15. The van der Waals surface area contributed by atoms with Crippen LogP contribution in [-0.2, 0) is 14.4 Å². The zero-order valence-electron chi connectivity index (χ0n) is 21.3. The average molecular weight is 510 g/mol. The van der Waals surface area contributed by atoms with Crippen molar-refractivity contribution >= 4 is 35.2 Å². The Morgan fingerprint density at radius 3 is 2.42 bits per heavy atom. The van der Waals surface area contributed by atoms with Gasteiger partial charge in [0.1, 0.15) is 6.04 Å². The van der Waals surface area contributed by atoms with Crippen molar-refractivity contribution in [2.75, 3.05) is 24.6 Å². The minimum absolute atomic E-state index is 0.0886. The first-order chi connectivity index (χ1) is 17.2. The van der Waals surface area contributed by atoms with E-state index in [2.05, 4.69) is 0 Å². The van der Waals surface area contributed by atoms with E-state index in [1.54, 1.807) is 21.6 Å². The second kappa shape index (κ2) is 9.06. The maximum Gasteiger partial charge on any atom is 0.247 e. The zero-order valence-corrected chi connectivity index (χ0v) is 22.1. The predicted octanol–water partition coefficient (Wildman–Crippen LogP) is 2.85. The molecule has 0 saturated carbocycles. The fourth-order valence-electron chi connectivity index (χ4n) is 6.33. The van der Waals surface area contributed by atoms with Gasteiger partial charge in [0.2, 0.25) is 17.7 Å². The van der Waals surface area contributed by atoms with E-state index in [4.69, 9.17) is 0 Å². The molecule has 4 aliphatic heterocycles. The van der Waals surface area contributed by atoms with Gasteiger partial charge in [-0.1, -0.05) is 49.4 Å². The summed E-state index contributed by atoms with van der Waals surface area (Å²) in [6.07, 6.45) is 8.60. The van der Waals surface area contributed by atoms with Gasteiger partial charge in [-0.25, -0.2) is 0 Å². The van der Waals surface area contributed by atoms with Crippen LogP contribution in [0.1, 0.15) is 34.1 Å². The van der Waals surface area contributed by atoms with Crippen molar-refractivity contribution in [3.63, 3.8) is 0 Å². The molecule has 4 aliphatic rings. The second-order valence-electron chi connectivity index (χ2n) is 11.1. The van der Waals surface area contributed by atoms with E-state index in [-0.39, 0.29) is 29.6 Å². The molecule has 1 unspecified atom stereocenters. The molecule has 8 heteroatoms. The van der Waals surface area contributed by atoms with E-state index in [0.29, 0.717) is 19.5 Å². The molecule has 0 radical (unpaired) electrons. The monoisotopic (exact) mass is 509 g/mol. The minimum atomic E-state index is -0.869. The molecule has 3 amide bonds. The molecule has 1 spiro atoms. The lowest BCUT2D eigenvalue weighted by molar-refractivity contribution is -0.148. The highest BCUT2D eigenvalue weighted by Crippen LogP contribution is 2.61. The molecule has 1 aromatic carbocycles.